The van der Waals surface area contributed by atoms with Gasteiger partial charge >= 0.3 is 6.03 Å². The summed E-state index contributed by atoms with van der Waals surface area (Å²) in [6.45, 7) is 5.30. The number of rotatable bonds is 7. The summed E-state index contributed by atoms with van der Waals surface area (Å²) in [4.78, 5) is 42.0. The number of anilines is 3. The molecule has 0 bridgehead atoms. The van der Waals surface area contributed by atoms with Gasteiger partial charge in [0.1, 0.15) is 23.3 Å². The summed E-state index contributed by atoms with van der Waals surface area (Å²) in [5.41, 5.74) is 4.66. The summed E-state index contributed by atoms with van der Waals surface area (Å²) in [5, 5.41) is 6.90. The molecule has 3 fully saturated rings. The minimum atomic E-state index is -0.583. The monoisotopic (exact) mass is 663 g/mol. The largest absolute Gasteiger partial charge is 0.354 e. The number of amides is 3. The summed E-state index contributed by atoms with van der Waals surface area (Å²) in [6, 6.07) is 19.0. The minimum absolute atomic E-state index is 0.225. The zero-order valence-corrected chi connectivity index (χ0v) is 26.8. The Labute approximate surface area is 281 Å². The average molecular weight is 664 g/mol. The van der Waals surface area contributed by atoms with E-state index in [1.54, 1.807) is 15.6 Å². The lowest BCUT2D eigenvalue weighted by Gasteiger charge is -2.35. The fraction of sp³-hybridized carbons (Fsp3) is 0.306. The van der Waals surface area contributed by atoms with Gasteiger partial charge in [0.2, 0.25) is 5.91 Å². The van der Waals surface area contributed by atoms with Gasteiger partial charge in [0.15, 0.2) is 5.65 Å². The highest BCUT2D eigenvalue weighted by Crippen LogP contribution is 2.37. The van der Waals surface area contributed by atoms with Crippen LogP contribution in [-0.4, -0.2) is 75.7 Å². The first-order chi connectivity index (χ1) is 23.9. The molecule has 3 aromatic heterocycles. The van der Waals surface area contributed by atoms with Crippen molar-refractivity contribution in [3.8, 4) is 11.3 Å². The molecule has 13 heteroatoms. The van der Waals surface area contributed by atoms with Crippen LogP contribution in [0.15, 0.2) is 79.1 Å². The van der Waals surface area contributed by atoms with E-state index in [-0.39, 0.29) is 18.0 Å². The third-order valence-electron chi connectivity index (χ3n) is 9.64. The third-order valence-corrected chi connectivity index (χ3v) is 9.64. The molecular weight excluding hydrogens is 628 g/mol. The van der Waals surface area contributed by atoms with E-state index in [0.717, 1.165) is 92.3 Å². The van der Waals surface area contributed by atoms with Gasteiger partial charge < -0.3 is 9.80 Å². The molecule has 11 nitrogen and oxygen atoms in total. The minimum Gasteiger partial charge on any atom is -0.354 e. The highest BCUT2D eigenvalue weighted by molar-refractivity contribution is 6.05. The molecule has 0 saturated carbocycles. The van der Waals surface area contributed by atoms with E-state index in [1.807, 2.05) is 54.7 Å². The van der Waals surface area contributed by atoms with Crippen molar-refractivity contribution in [2.75, 3.05) is 54.0 Å². The molecule has 49 heavy (non-hydrogen) atoms. The van der Waals surface area contributed by atoms with Crippen LogP contribution in [0.5, 0.6) is 0 Å². The summed E-state index contributed by atoms with van der Waals surface area (Å²) < 4.78 is 30.1. The fourth-order valence-electron chi connectivity index (χ4n) is 7.07. The first kappa shape index (κ1) is 30.9. The summed E-state index contributed by atoms with van der Waals surface area (Å²) in [6.07, 6.45) is 5.58. The number of piperazine rings is 1. The smallest absolute Gasteiger partial charge is 0.328 e. The van der Waals surface area contributed by atoms with Gasteiger partial charge in [-0.15, -0.1) is 0 Å². The lowest BCUT2D eigenvalue weighted by molar-refractivity contribution is -0.120. The van der Waals surface area contributed by atoms with Crippen LogP contribution in [0.3, 0.4) is 0 Å². The fourth-order valence-corrected chi connectivity index (χ4v) is 7.07. The van der Waals surface area contributed by atoms with Gasteiger partial charge in [0, 0.05) is 75.7 Å². The Morgan fingerprint density at radius 2 is 1.69 bits per heavy atom. The Kier molecular flexibility index (Phi) is 8.12. The van der Waals surface area contributed by atoms with Crippen LogP contribution in [0.25, 0.3) is 16.9 Å². The molecular formula is C36H35F2N9O2. The predicted octanol–water partition coefficient (Wildman–Crippen LogP) is 5.18. The van der Waals surface area contributed by atoms with Crippen LogP contribution in [-0.2, 0) is 11.3 Å². The van der Waals surface area contributed by atoms with E-state index >= 15 is 0 Å². The quantitative estimate of drug-likeness (QED) is 0.254. The normalized spacial score (nSPS) is 18.8. The number of carbonyl (C=O) groups excluding carboxylic acids is 2. The molecule has 0 radical (unpaired) electrons. The van der Waals surface area contributed by atoms with Gasteiger partial charge in [-0.1, -0.05) is 24.3 Å². The van der Waals surface area contributed by atoms with Crippen molar-refractivity contribution in [2.24, 2.45) is 0 Å². The predicted molar refractivity (Wildman–Crippen MR) is 181 cm³/mol. The molecule has 1 N–H and O–H groups in total. The van der Waals surface area contributed by atoms with Crippen LogP contribution in [0.1, 0.15) is 36.4 Å². The van der Waals surface area contributed by atoms with Crippen LogP contribution < -0.4 is 20.0 Å². The van der Waals surface area contributed by atoms with Crippen molar-refractivity contribution < 1.29 is 18.4 Å². The molecule has 0 unspecified atom stereocenters. The van der Waals surface area contributed by atoms with Gasteiger partial charge in [-0.3, -0.25) is 19.9 Å². The van der Waals surface area contributed by atoms with Crippen LogP contribution >= 0.6 is 0 Å². The molecule has 3 aliphatic heterocycles. The van der Waals surface area contributed by atoms with Crippen molar-refractivity contribution in [1.82, 2.24) is 29.8 Å². The van der Waals surface area contributed by atoms with Gasteiger partial charge in [0.25, 0.3) is 0 Å². The molecule has 5 aromatic rings. The van der Waals surface area contributed by atoms with Crippen molar-refractivity contribution in [3.63, 3.8) is 0 Å². The number of nitrogens with zero attached hydrogens (tertiary/aromatic N) is 8. The van der Waals surface area contributed by atoms with Gasteiger partial charge in [-0.2, -0.15) is 5.10 Å². The molecule has 3 aliphatic rings. The number of aromatic nitrogens is 4. The Balaban J connectivity index is 0.940. The average Bonchev–Trinajstić information content (AvgIpc) is 3.77. The zero-order valence-electron chi connectivity index (χ0n) is 26.8. The number of hydrogen-bond donors (Lipinski definition) is 1. The van der Waals surface area contributed by atoms with Crippen molar-refractivity contribution >= 4 is 34.9 Å². The molecule has 0 spiro atoms. The van der Waals surface area contributed by atoms with Gasteiger partial charge in [-0.25, -0.2) is 28.1 Å². The van der Waals surface area contributed by atoms with E-state index in [0.29, 0.717) is 24.2 Å². The standard InChI is InChI=1S/C36H35F2N9O2/c37-25-8-11-27(29(38)21-25)31-4-2-14-46(31)33-12-16-47-35(41-33)28(22-39-47)30-3-1-5-32(40-30)44-19-17-43(18-20-44)23-24-6-9-26(10-7-24)45-15-13-34(48)42-36(45)49/h1,3,5-12,16,21-22,31H,2,4,13-15,17-20,23H2,(H,42,48,49)/t31-/m1/s1. The molecule has 6 heterocycles. The van der Waals surface area contributed by atoms with E-state index < -0.39 is 11.6 Å². The maximum absolute atomic E-state index is 14.7. The van der Waals surface area contributed by atoms with Crippen LogP contribution in [0.4, 0.5) is 30.9 Å². The maximum Gasteiger partial charge on any atom is 0.328 e. The highest BCUT2D eigenvalue weighted by atomic mass is 19.1. The molecule has 1 atom stereocenters. The van der Waals surface area contributed by atoms with E-state index in [2.05, 4.69) is 25.1 Å². The second kappa shape index (κ2) is 12.9. The third kappa shape index (κ3) is 6.17. The van der Waals surface area contributed by atoms with E-state index in [9.17, 15) is 18.4 Å². The Bertz CT molecular complexity index is 2030. The summed E-state index contributed by atoms with van der Waals surface area (Å²) in [5.74, 6) is 0.248. The number of halogens is 2. The number of benzene rings is 2. The Hall–Kier alpha value is -5.43. The molecule has 2 aromatic carbocycles. The van der Waals surface area contributed by atoms with Crippen molar-refractivity contribution in [3.05, 3.63) is 102 Å². The number of hydrogen-bond acceptors (Lipinski definition) is 8. The number of pyridine rings is 1. The summed E-state index contributed by atoms with van der Waals surface area (Å²) in [7, 11) is 0. The second-order valence-corrected chi connectivity index (χ2v) is 12.7. The first-order valence-electron chi connectivity index (χ1n) is 16.6. The highest BCUT2D eigenvalue weighted by Gasteiger charge is 2.30. The molecule has 8 rings (SSSR count). The van der Waals surface area contributed by atoms with E-state index in [1.165, 1.54) is 12.1 Å². The number of fused-ring (bicyclic) bond motifs is 1. The van der Waals surface area contributed by atoms with Crippen molar-refractivity contribution in [1.29, 1.82) is 0 Å². The number of imide groups is 1. The maximum atomic E-state index is 14.7. The number of carbonyl (C=O) groups is 2. The summed E-state index contributed by atoms with van der Waals surface area (Å²) >= 11 is 0. The topological polar surface area (TPSA) is 102 Å². The Morgan fingerprint density at radius 1 is 0.857 bits per heavy atom. The molecule has 3 saturated heterocycles. The number of nitrogens with one attached hydrogen (secondary N) is 1. The second-order valence-electron chi connectivity index (χ2n) is 12.7. The first-order valence-corrected chi connectivity index (χ1v) is 16.6. The lowest BCUT2D eigenvalue weighted by Crippen LogP contribution is -2.49. The SMILES string of the molecule is O=C1CCN(c2ccc(CN3CCN(c4cccc(-c5cnn6ccc(N7CCC[C@@H]7c7ccc(F)cc7F)nc56)n4)CC3)cc2)C(=O)N1. The van der Waals surface area contributed by atoms with Gasteiger partial charge in [-0.05, 0) is 54.8 Å². The molecule has 0 aliphatic carbocycles. The molecule has 250 valence electrons. The van der Waals surface area contributed by atoms with Crippen LogP contribution in [0.2, 0.25) is 0 Å². The van der Waals surface area contributed by atoms with E-state index in [4.69, 9.17) is 9.97 Å². The lowest BCUT2D eigenvalue weighted by atomic mass is 10.0. The zero-order chi connectivity index (χ0) is 33.5. The van der Waals surface area contributed by atoms with Crippen LogP contribution in [0, 0.1) is 11.6 Å². The molecule has 3 amide bonds. The van der Waals surface area contributed by atoms with Crippen molar-refractivity contribution in [2.45, 2.75) is 31.8 Å². The Morgan fingerprint density at radius 3 is 2.49 bits per heavy atom. The number of urea groups is 1. The van der Waals surface area contributed by atoms with Gasteiger partial charge in [0.05, 0.1) is 23.5 Å².